The first kappa shape index (κ1) is 11.6. The Morgan fingerprint density at radius 3 is 2.56 bits per heavy atom. The lowest BCUT2D eigenvalue weighted by Gasteiger charge is -2.31. The molecule has 2 rings (SSSR count). The first-order valence-corrected chi connectivity index (χ1v) is 6.42. The molecule has 2 fully saturated rings. The van der Waals surface area contributed by atoms with Gasteiger partial charge in [0.25, 0.3) is 0 Å². The Kier molecular flexibility index (Phi) is 3.64. The molecular formula is C13H22N2O. The second-order valence-corrected chi connectivity index (χ2v) is 4.95. The van der Waals surface area contributed by atoms with Crippen molar-refractivity contribution in [2.24, 2.45) is 0 Å². The van der Waals surface area contributed by atoms with Gasteiger partial charge in [-0.15, -0.1) is 0 Å². The number of carbonyl (C=O) groups excluding carboxylic acids is 1. The molecule has 3 heteroatoms. The molecule has 1 atom stereocenters. The van der Waals surface area contributed by atoms with Crippen molar-refractivity contribution in [1.29, 1.82) is 0 Å². The van der Waals surface area contributed by atoms with Crippen LogP contribution in [0.4, 0.5) is 0 Å². The molecule has 1 aliphatic heterocycles. The predicted octanol–water partition coefficient (Wildman–Crippen LogP) is 2.04. The summed E-state index contributed by atoms with van der Waals surface area (Å²) in [5.74, 6) is 0.247. The van der Waals surface area contributed by atoms with Crippen LogP contribution >= 0.6 is 0 Å². The van der Waals surface area contributed by atoms with Crippen molar-refractivity contribution in [3.63, 3.8) is 0 Å². The minimum Gasteiger partial charge on any atom is -0.312 e. The zero-order chi connectivity index (χ0) is 11.5. The maximum Gasteiger partial charge on any atom is 0.244 e. The maximum atomic E-state index is 12.4. The van der Waals surface area contributed by atoms with E-state index in [-0.39, 0.29) is 11.9 Å². The fourth-order valence-corrected chi connectivity index (χ4v) is 2.95. The van der Waals surface area contributed by atoms with E-state index in [1.807, 2.05) is 11.9 Å². The molecule has 1 N–H and O–H groups in total. The van der Waals surface area contributed by atoms with Crippen LogP contribution in [-0.4, -0.2) is 29.9 Å². The van der Waals surface area contributed by atoms with Gasteiger partial charge in [-0.25, -0.2) is 0 Å². The number of hydrogen-bond acceptors (Lipinski definition) is 2. The van der Waals surface area contributed by atoms with E-state index in [9.17, 15) is 4.79 Å². The fraction of sp³-hybridized carbons (Fsp3) is 0.769. The van der Waals surface area contributed by atoms with Crippen molar-refractivity contribution in [2.45, 2.75) is 57.0 Å². The molecule has 2 aliphatic rings. The van der Waals surface area contributed by atoms with Crippen LogP contribution in [0, 0.1) is 0 Å². The highest BCUT2D eigenvalue weighted by atomic mass is 16.2. The van der Waals surface area contributed by atoms with Gasteiger partial charge >= 0.3 is 0 Å². The third kappa shape index (κ3) is 2.14. The smallest absolute Gasteiger partial charge is 0.244 e. The number of likely N-dealkylation sites (tertiary alicyclic amines) is 1. The normalized spacial score (nSPS) is 28.6. The number of carbonyl (C=O) groups is 1. The minimum atomic E-state index is -0.000139. The van der Waals surface area contributed by atoms with Gasteiger partial charge in [0.1, 0.15) is 0 Å². The Morgan fingerprint density at radius 2 is 1.94 bits per heavy atom. The third-order valence-corrected chi connectivity index (χ3v) is 3.87. The molecule has 0 aromatic rings. The summed E-state index contributed by atoms with van der Waals surface area (Å²) in [5, 5.41) is 3.14. The molecule has 1 aliphatic carbocycles. The Bertz CT molecular complexity index is 282. The van der Waals surface area contributed by atoms with Crippen molar-refractivity contribution in [3.8, 4) is 0 Å². The summed E-state index contributed by atoms with van der Waals surface area (Å²) in [6.45, 7) is 4.10. The Morgan fingerprint density at radius 1 is 1.25 bits per heavy atom. The van der Waals surface area contributed by atoms with Crippen LogP contribution in [0.1, 0.15) is 44.9 Å². The first-order chi connectivity index (χ1) is 7.74. The number of likely N-dealkylation sites (N-methyl/N-ethyl adjacent to an activating group) is 1. The molecule has 0 spiro atoms. The van der Waals surface area contributed by atoms with Gasteiger partial charge in [0, 0.05) is 11.7 Å². The van der Waals surface area contributed by atoms with Crippen molar-refractivity contribution < 1.29 is 4.79 Å². The summed E-state index contributed by atoms with van der Waals surface area (Å²) in [7, 11) is 1.88. The van der Waals surface area contributed by atoms with Crippen LogP contribution in [0.15, 0.2) is 12.3 Å². The molecule has 1 amide bonds. The highest BCUT2D eigenvalue weighted by Gasteiger charge is 2.33. The molecule has 3 nitrogen and oxygen atoms in total. The number of allylic oxidation sites excluding steroid dienone is 1. The highest BCUT2D eigenvalue weighted by molar-refractivity contribution is 5.84. The van der Waals surface area contributed by atoms with Crippen LogP contribution in [0.25, 0.3) is 0 Å². The first-order valence-electron chi connectivity index (χ1n) is 6.42. The van der Waals surface area contributed by atoms with Crippen LogP contribution in [0.3, 0.4) is 0 Å². The zero-order valence-electron chi connectivity index (χ0n) is 10.2. The van der Waals surface area contributed by atoms with Crippen molar-refractivity contribution >= 4 is 5.91 Å². The quantitative estimate of drug-likeness (QED) is 0.775. The van der Waals surface area contributed by atoms with E-state index in [1.54, 1.807) is 0 Å². The summed E-state index contributed by atoms with van der Waals surface area (Å²) in [5.41, 5.74) is 1.04. The molecule has 1 heterocycles. The summed E-state index contributed by atoms with van der Waals surface area (Å²) < 4.78 is 0. The summed E-state index contributed by atoms with van der Waals surface area (Å²) >= 11 is 0. The van der Waals surface area contributed by atoms with Crippen LogP contribution in [0.2, 0.25) is 0 Å². The van der Waals surface area contributed by atoms with Gasteiger partial charge in [-0.3, -0.25) is 4.79 Å². The van der Waals surface area contributed by atoms with Gasteiger partial charge < -0.3 is 10.2 Å². The van der Waals surface area contributed by atoms with E-state index in [0.29, 0.717) is 6.04 Å². The van der Waals surface area contributed by atoms with E-state index in [1.165, 1.54) is 12.8 Å². The monoisotopic (exact) mass is 222 g/mol. The molecular weight excluding hydrogens is 200 g/mol. The molecule has 0 bridgehead atoms. The fourth-order valence-electron chi connectivity index (χ4n) is 2.95. The molecule has 1 unspecified atom stereocenters. The number of rotatable bonds is 2. The van der Waals surface area contributed by atoms with Crippen LogP contribution < -0.4 is 5.32 Å². The average molecular weight is 222 g/mol. The lowest BCUT2D eigenvalue weighted by Crippen LogP contribution is -2.46. The van der Waals surface area contributed by atoms with Gasteiger partial charge in [-0.1, -0.05) is 19.4 Å². The van der Waals surface area contributed by atoms with E-state index >= 15 is 0 Å². The zero-order valence-corrected chi connectivity index (χ0v) is 10.2. The SMILES string of the molecule is C=C1CCCC(NC)C(=O)N1C1CCCC1. The van der Waals surface area contributed by atoms with Gasteiger partial charge in [-0.2, -0.15) is 0 Å². The Hall–Kier alpha value is -0.830. The Labute approximate surface area is 97.9 Å². The van der Waals surface area contributed by atoms with Crippen molar-refractivity contribution in [3.05, 3.63) is 12.3 Å². The van der Waals surface area contributed by atoms with Gasteiger partial charge in [0.2, 0.25) is 5.91 Å². The maximum absolute atomic E-state index is 12.4. The minimum absolute atomic E-state index is 0.000139. The number of nitrogens with one attached hydrogen (secondary N) is 1. The summed E-state index contributed by atoms with van der Waals surface area (Å²) in [6.07, 6.45) is 7.80. The van der Waals surface area contributed by atoms with E-state index in [2.05, 4.69) is 11.9 Å². The largest absolute Gasteiger partial charge is 0.312 e. The second kappa shape index (κ2) is 5.00. The van der Waals surface area contributed by atoms with E-state index < -0.39 is 0 Å². The topological polar surface area (TPSA) is 32.3 Å². The lowest BCUT2D eigenvalue weighted by molar-refractivity contribution is -0.132. The van der Waals surface area contributed by atoms with Gasteiger partial charge in [0.05, 0.1) is 6.04 Å². The molecule has 0 aromatic carbocycles. The molecule has 1 saturated heterocycles. The molecule has 90 valence electrons. The van der Waals surface area contributed by atoms with Crippen LogP contribution in [0.5, 0.6) is 0 Å². The summed E-state index contributed by atoms with van der Waals surface area (Å²) in [6, 6.07) is 0.425. The third-order valence-electron chi connectivity index (χ3n) is 3.87. The summed E-state index contributed by atoms with van der Waals surface area (Å²) in [4.78, 5) is 14.4. The van der Waals surface area contributed by atoms with Gasteiger partial charge in [0.15, 0.2) is 0 Å². The van der Waals surface area contributed by atoms with Crippen molar-refractivity contribution in [1.82, 2.24) is 10.2 Å². The van der Waals surface area contributed by atoms with Crippen molar-refractivity contribution in [2.75, 3.05) is 7.05 Å². The molecule has 1 saturated carbocycles. The number of hydrogen-bond donors (Lipinski definition) is 1. The standard InChI is InChI=1S/C13H22N2O/c1-10-6-5-9-12(14-2)13(16)15(10)11-7-3-4-8-11/h11-12,14H,1,3-9H2,2H3. The highest BCUT2D eigenvalue weighted by Crippen LogP contribution is 2.30. The number of amides is 1. The van der Waals surface area contributed by atoms with E-state index in [0.717, 1.165) is 37.8 Å². The second-order valence-electron chi connectivity index (χ2n) is 4.95. The Balaban J connectivity index is 2.16. The average Bonchev–Trinajstić information content (AvgIpc) is 2.73. The number of nitrogens with zero attached hydrogens (tertiary/aromatic N) is 1. The van der Waals surface area contributed by atoms with Gasteiger partial charge in [-0.05, 0) is 39.2 Å². The molecule has 0 aromatic heterocycles. The lowest BCUT2D eigenvalue weighted by atomic mass is 10.1. The van der Waals surface area contributed by atoms with Crippen LogP contribution in [-0.2, 0) is 4.79 Å². The van der Waals surface area contributed by atoms with E-state index in [4.69, 9.17) is 0 Å². The molecule has 0 radical (unpaired) electrons. The molecule has 16 heavy (non-hydrogen) atoms. The predicted molar refractivity (Wildman–Crippen MR) is 64.9 cm³/mol.